The van der Waals surface area contributed by atoms with E-state index in [4.69, 9.17) is 9.84 Å². The number of carbonyl (C=O) groups is 2. The first kappa shape index (κ1) is 12.8. The van der Waals surface area contributed by atoms with Gasteiger partial charge in [0.25, 0.3) is 0 Å². The molecule has 0 aromatic carbocycles. The van der Waals surface area contributed by atoms with Crippen molar-refractivity contribution in [3.05, 3.63) is 0 Å². The number of hydrogen-bond acceptors (Lipinski definition) is 3. The first-order valence-electron chi connectivity index (χ1n) is 5.30. The highest BCUT2D eigenvalue weighted by Gasteiger charge is 2.46. The average Bonchev–Trinajstić information content (AvgIpc) is 2.29. The zero-order valence-electron chi connectivity index (χ0n) is 10.2. The van der Waals surface area contributed by atoms with Gasteiger partial charge in [-0.1, -0.05) is 20.8 Å². The number of rotatable bonds is 3. The van der Waals surface area contributed by atoms with Crippen molar-refractivity contribution >= 4 is 12.1 Å². The van der Waals surface area contributed by atoms with Crippen LogP contribution in [-0.2, 0) is 9.53 Å². The zero-order valence-corrected chi connectivity index (χ0v) is 10.2. The van der Waals surface area contributed by atoms with E-state index in [1.807, 2.05) is 20.8 Å². The number of aliphatic carboxylic acids is 1. The molecule has 0 aromatic rings. The minimum atomic E-state index is -0.917. The molecule has 1 aliphatic rings. The first-order valence-corrected chi connectivity index (χ1v) is 5.30. The Balaban J connectivity index is 2.84. The molecule has 1 rings (SSSR count). The molecule has 0 radical (unpaired) electrons. The summed E-state index contributed by atoms with van der Waals surface area (Å²) in [6.07, 6.45) is -0.506. The van der Waals surface area contributed by atoms with Crippen LogP contribution in [0, 0.1) is 5.41 Å². The second-order valence-corrected chi connectivity index (χ2v) is 5.77. The van der Waals surface area contributed by atoms with Crippen molar-refractivity contribution in [2.24, 2.45) is 5.41 Å². The van der Waals surface area contributed by atoms with E-state index in [1.165, 1.54) is 4.90 Å². The van der Waals surface area contributed by atoms with Crippen LogP contribution in [0.4, 0.5) is 4.79 Å². The highest BCUT2D eigenvalue weighted by molar-refractivity contribution is 5.75. The highest BCUT2D eigenvalue weighted by atomic mass is 16.6. The first-order chi connectivity index (χ1) is 7.14. The van der Waals surface area contributed by atoms with E-state index in [1.54, 1.807) is 6.92 Å². The van der Waals surface area contributed by atoms with Gasteiger partial charge in [-0.15, -0.1) is 0 Å². The fourth-order valence-electron chi connectivity index (χ4n) is 1.80. The largest absolute Gasteiger partial charge is 0.481 e. The number of hydrogen-bond donors (Lipinski definition) is 1. The summed E-state index contributed by atoms with van der Waals surface area (Å²) in [5.41, 5.74) is -0.806. The molecule has 0 saturated carbocycles. The van der Waals surface area contributed by atoms with Gasteiger partial charge in [-0.25, -0.2) is 4.79 Å². The standard InChI is InChI=1S/C11H19NO4/c1-10(2,3)6-12-9(15)16-7-11(12,4)5-8(13)14/h5-7H2,1-4H3,(H,13,14). The fourth-order valence-corrected chi connectivity index (χ4v) is 1.80. The second-order valence-electron chi connectivity index (χ2n) is 5.77. The van der Waals surface area contributed by atoms with Crippen LogP contribution in [0.25, 0.3) is 0 Å². The van der Waals surface area contributed by atoms with Crippen molar-refractivity contribution < 1.29 is 19.4 Å². The molecule has 1 heterocycles. The summed E-state index contributed by atoms with van der Waals surface area (Å²) in [7, 11) is 0. The van der Waals surface area contributed by atoms with E-state index in [2.05, 4.69) is 0 Å². The minimum absolute atomic E-state index is 0.0802. The van der Waals surface area contributed by atoms with E-state index in [9.17, 15) is 9.59 Å². The summed E-state index contributed by atoms with van der Waals surface area (Å²) < 4.78 is 4.95. The maximum Gasteiger partial charge on any atom is 0.410 e. The zero-order chi connectivity index (χ0) is 12.6. The Morgan fingerprint density at radius 1 is 1.56 bits per heavy atom. The van der Waals surface area contributed by atoms with Gasteiger partial charge in [0.15, 0.2) is 0 Å². The fraction of sp³-hybridized carbons (Fsp3) is 0.818. The molecule has 0 spiro atoms. The van der Waals surface area contributed by atoms with Gasteiger partial charge in [0, 0.05) is 6.54 Å². The Kier molecular flexibility index (Phi) is 3.17. The van der Waals surface area contributed by atoms with Crippen molar-refractivity contribution in [1.82, 2.24) is 4.90 Å². The predicted molar refractivity (Wildman–Crippen MR) is 58.2 cm³/mol. The minimum Gasteiger partial charge on any atom is -0.481 e. The van der Waals surface area contributed by atoms with Gasteiger partial charge in [0.05, 0.1) is 12.0 Å². The average molecular weight is 229 g/mol. The van der Waals surface area contributed by atoms with Crippen molar-refractivity contribution in [2.45, 2.75) is 39.7 Å². The summed E-state index contributed by atoms with van der Waals surface area (Å²) in [6.45, 7) is 8.39. The number of carboxylic acids is 1. The van der Waals surface area contributed by atoms with Gasteiger partial charge in [-0.05, 0) is 12.3 Å². The normalized spacial score (nSPS) is 25.8. The van der Waals surface area contributed by atoms with Crippen LogP contribution in [0.15, 0.2) is 0 Å². The molecule has 1 amide bonds. The number of ether oxygens (including phenoxy) is 1. The van der Waals surface area contributed by atoms with Crippen molar-refractivity contribution in [1.29, 1.82) is 0 Å². The number of nitrogens with zero attached hydrogens (tertiary/aromatic N) is 1. The lowest BCUT2D eigenvalue weighted by atomic mass is 9.91. The molecular weight excluding hydrogens is 210 g/mol. The third-order valence-corrected chi connectivity index (χ3v) is 2.54. The Labute approximate surface area is 95.4 Å². The summed E-state index contributed by atoms with van der Waals surface area (Å²) >= 11 is 0. The van der Waals surface area contributed by atoms with Gasteiger partial charge in [-0.2, -0.15) is 0 Å². The molecule has 5 nitrogen and oxygen atoms in total. The van der Waals surface area contributed by atoms with E-state index >= 15 is 0 Å². The molecule has 16 heavy (non-hydrogen) atoms. The maximum absolute atomic E-state index is 11.6. The quantitative estimate of drug-likeness (QED) is 0.800. The number of carboxylic acid groups (broad SMARTS) is 1. The molecule has 0 aromatic heterocycles. The van der Waals surface area contributed by atoms with Crippen LogP contribution in [0.2, 0.25) is 0 Å². The molecule has 1 atom stereocenters. The Hall–Kier alpha value is -1.26. The molecular formula is C11H19NO4. The van der Waals surface area contributed by atoms with Crippen molar-refractivity contribution in [3.8, 4) is 0 Å². The van der Waals surface area contributed by atoms with Gasteiger partial charge < -0.3 is 9.84 Å². The maximum atomic E-state index is 11.6. The second kappa shape index (κ2) is 3.96. The molecule has 5 heteroatoms. The van der Waals surface area contributed by atoms with Crippen LogP contribution in [0.3, 0.4) is 0 Å². The van der Waals surface area contributed by atoms with Crippen LogP contribution in [0.5, 0.6) is 0 Å². The smallest absolute Gasteiger partial charge is 0.410 e. The van der Waals surface area contributed by atoms with Crippen molar-refractivity contribution in [2.75, 3.05) is 13.2 Å². The highest BCUT2D eigenvalue weighted by Crippen LogP contribution is 2.31. The lowest BCUT2D eigenvalue weighted by Crippen LogP contribution is -2.49. The summed E-state index contributed by atoms with van der Waals surface area (Å²) in [5.74, 6) is -0.917. The number of amides is 1. The third kappa shape index (κ3) is 2.87. The molecule has 92 valence electrons. The Morgan fingerprint density at radius 3 is 2.56 bits per heavy atom. The van der Waals surface area contributed by atoms with Crippen LogP contribution >= 0.6 is 0 Å². The summed E-state index contributed by atoms with van der Waals surface area (Å²) in [4.78, 5) is 23.9. The molecule has 1 fully saturated rings. The molecule has 0 aliphatic carbocycles. The predicted octanol–water partition coefficient (Wildman–Crippen LogP) is 1.72. The molecule has 1 N–H and O–H groups in total. The van der Waals surface area contributed by atoms with Crippen LogP contribution in [0.1, 0.15) is 34.1 Å². The van der Waals surface area contributed by atoms with Crippen LogP contribution < -0.4 is 0 Å². The Bertz CT molecular complexity index is 308. The number of carbonyl (C=O) groups excluding carboxylic acids is 1. The van der Waals surface area contributed by atoms with Gasteiger partial charge >= 0.3 is 12.1 Å². The van der Waals surface area contributed by atoms with Crippen molar-refractivity contribution in [3.63, 3.8) is 0 Å². The van der Waals surface area contributed by atoms with Gasteiger partial charge in [-0.3, -0.25) is 9.69 Å². The SMILES string of the molecule is CC(C)(C)CN1C(=O)OCC1(C)CC(=O)O. The molecule has 1 saturated heterocycles. The summed E-state index contributed by atoms with van der Waals surface area (Å²) in [5, 5.41) is 8.85. The van der Waals surface area contributed by atoms with E-state index in [0.717, 1.165) is 0 Å². The van der Waals surface area contributed by atoms with E-state index in [-0.39, 0.29) is 18.4 Å². The topological polar surface area (TPSA) is 66.8 Å². The lowest BCUT2D eigenvalue weighted by molar-refractivity contribution is -0.139. The van der Waals surface area contributed by atoms with Gasteiger partial charge in [0.1, 0.15) is 6.61 Å². The molecule has 0 bridgehead atoms. The molecule has 1 aliphatic heterocycles. The Morgan fingerprint density at radius 2 is 2.12 bits per heavy atom. The van der Waals surface area contributed by atoms with E-state index < -0.39 is 17.6 Å². The number of cyclic esters (lactones) is 1. The van der Waals surface area contributed by atoms with Crippen LogP contribution in [-0.4, -0.2) is 40.8 Å². The van der Waals surface area contributed by atoms with Gasteiger partial charge in [0.2, 0.25) is 0 Å². The molecule has 1 unspecified atom stereocenters. The summed E-state index contributed by atoms with van der Waals surface area (Å²) in [6, 6.07) is 0. The lowest BCUT2D eigenvalue weighted by Gasteiger charge is -2.35. The monoisotopic (exact) mass is 229 g/mol. The van der Waals surface area contributed by atoms with E-state index in [0.29, 0.717) is 6.54 Å². The third-order valence-electron chi connectivity index (χ3n) is 2.54.